The van der Waals surface area contributed by atoms with Gasteiger partial charge in [-0.15, -0.1) is 17.5 Å². The smallest absolute Gasteiger partial charge is 0.273 e. The number of benzene rings is 1. The maximum Gasteiger partial charge on any atom is 0.273 e. The zero-order valence-corrected chi connectivity index (χ0v) is 17.5. The fourth-order valence-electron chi connectivity index (χ4n) is 3.05. The number of aromatic nitrogens is 3. The van der Waals surface area contributed by atoms with Gasteiger partial charge in [-0.1, -0.05) is 5.21 Å². The second-order valence-electron chi connectivity index (χ2n) is 6.57. The molecule has 29 heavy (non-hydrogen) atoms. The van der Waals surface area contributed by atoms with Crippen molar-refractivity contribution in [3.8, 4) is 17.2 Å². The molecule has 2 aromatic rings. The van der Waals surface area contributed by atoms with Crippen LogP contribution in [0.15, 0.2) is 24.4 Å². The van der Waals surface area contributed by atoms with Crippen molar-refractivity contribution in [3.05, 3.63) is 30.1 Å². The molecule has 1 aliphatic heterocycles. The molecule has 2 heterocycles. The summed E-state index contributed by atoms with van der Waals surface area (Å²) in [4.78, 5) is 12.2. The fourth-order valence-corrected chi connectivity index (χ4v) is 3.05. The van der Waals surface area contributed by atoms with Gasteiger partial charge in [0.2, 0.25) is 0 Å². The highest BCUT2D eigenvalue weighted by Gasteiger charge is 2.18. The maximum absolute atomic E-state index is 12.2. The number of ether oxygens (including phenoxy) is 3. The van der Waals surface area contributed by atoms with Crippen LogP contribution in [0.2, 0.25) is 0 Å². The number of hydrogen-bond donors (Lipinski definition) is 2. The minimum atomic E-state index is -0.219. The summed E-state index contributed by atoms with van der Waals surface area (Å²) in [5.41, 5.74) is 0.344. The molecule has 1 aromatic heterocycles. The van der Waals surface area contributed by atoms with E-state index in [-0.39, 0.29) is 18.3 Å². The Bertz CT molecular complexity index is 757. The largest absolute Gasteiger partial charge is 0.496 e. The highest BCUT2D eigenvalue weighted by atomic mass is 35.5. The molecule has 0 atom stereocenters. The van der Waals surface area contributed by atoms with Crippen molar-refractivity contribution >= 4 is 18.3 Å². The normalized spacial score (nSPS) is 14.0. The van der Waals surface area contributed by atoms with Crippen LogP contribution < -0.4 is 24.8 Å². The molecule has 9 nitrogen and oxygen atoms in total. The zero-order chi connectivity index (χ0) is 19.8. The molecule has 160 valence electrons. The van der Waals surface area contributed by atoms with Crippen LogP contribution in [-0.4, -0.2) is 61.4 Å². The molecule has 1 saturated heterocycles. The van der Waals surface area contributed by atoms with Gasteiger partial charge in [0.25, 0.3) is 5.91 Å². The molecule has 0 bridgehead atoms. The Balaban J connectivity index is 0.00000300. The van der Waals surface area contributed by atoms with Crippen molar-refractivity contribution in [2.24, 2.45) is 0 Å². The van der Waals surface area contributed by atoms with Gasteiger partial charge in [-0.05, 0) is 32.4 Å². The van der Waals surface area contributed by atoms with E-state index in [4.69, 9.17) is 14.2 Å². The summed E-state index contributed by atoms with van der Waals surface area (Å²) in [5, 5.41) is 14.3. The molecule has 0 radical (unpaired) electrons. The lowest BCUT2D eigenvalue weighted by Crippen LogP contribution is -2.29. The molecule has 0 saturated carbocycles. The van der Waals surface area contributed by atoms with Crippen LogP contribution >= 0.6 is 12.4 Å². The summed E-state index contributed by atoms with van der Waals surface area (Å²) < 4.78 is 17.9. The third-order valence-electron chi connectivity index (χ3n) is 4.63. The lowest BCUT2D eigenvalue weighted by atomic mass is 10.1. The summed E-state index contributed by atoms with van der Waals surface area (Å²) in [5.74, 6) is 1.77. The number of methoxy groups -OCH3 is 2. The Labute approximate surface area is 176 Å². The SMILES string of the molecule is COc1cc(OC)cc(OCCCNC(=O)c2cn(C3CCNCC3)nn2)c1.Cl. The third-order valence-corrected chi connectivity index (χ3v) is 4.63. The van der Waals surface area contributed by atoms with Crippen LogP contribution in [0.3, 0.4) is 0 Å². The monoisotopic (exact) mass is 425 g/mol. The predicted octanol–water partition coefficient (Wildman–Crippen LogP) is 1.84. The topological polar surface area (TPSA) is 99.5 Å². The van der Waals surface area contributed by atoms with Crippen LogP contribution in [0.25, 0.3) is 0 Å². The van der Waals surface area contributed by atoms with Gasteiger partial charge in [-0.2, -0.15) is 0 Å². The third kappa shape index (κ3) is 6.50. The first-order chi connectivity index (χ1) is 13.7. The summed E-state index contributed by atoms with van der Waals surface area (Å²) in [6.07, 6.45) is 4.38. The number of nitrogens with zero attached hydrogens (tertiary/aromatic N) is 3. The van der Waals surface area contributed by atoms with E-state index in [2.05, 4.69) is 20.9 Å². The fraction of sp³-hybridized carbons (Fsp3) is 0.526. The van der Waals surface area contributed by atoms with E-state index >= 15 is 0 Å². The Hall–Kier alpha value is -2.52. The van der Waals surface area contributed by atoms with Gasteiger partial charge in [0, 0.05) is 24.7 Å². The Morgan fingerprint density at radius 2 is 1.83 bits per heavy atom. The van der Waals surface area contributed by atoms with Gasteiger partial charge in [0.1, 0.15) is 17.2 Å². The van der Waals surface area contributed by atoms with E-state index in [1.165, 1.54) is 0 Å². The molecule has 1 aliphatic rings. The van der Waals surface area contributed by atoms with Gasteiger partial charge < -0.3 is 24.8 Å². The van der Waals surface area contributed by atoms with Crippen molar-refractivity contribution in [2.75, 3.05) is 40.5 Å². The van der Waals surface area contributed by atoms with E-state index in [0.717, 1.165) is 25.9 Å². The highest BCUT2D eigenvalue weighted by molar-refractivity contribution is 5.91. The number of piperidine rings is 1. The number of nitrogens with one attached hydrogen (secondary N) is 2. The molecular formula is C19H28ClN5O4. The molecule has 1 aromatic carbocycles. The summed E-state index contributed by atoms with van der Waals surface area (Å²) in [6, 6.07) is 5.67. The van der Waals surface area contributed by atoms with Crippen LogP contribution in [-0.2, 0) is 0 Å². The van der Waals surface area contributed by atoms with E-state index < -0.39 is 0 Å². The highest BCUT2D eigenvalue weighted by Crippen LogP contribution is 2.27. The van der Waals surface area contributed by atoms with Crippen LogP contribution in [0.5, 0.6) is 17.2 Å². The molecule has 1 amide bonds. The van der Waals surface area contributed by atoms with Crippen LogP contribution in [0.1, 0.15) is 35.8 Å². The number of carbonyl (C=O) groups excluding carboxylic acids is 1. The van der Waals surface area contributed by atoms with Crippen molar-refractivity contribution in [2.45, 2.75) is 25.3 Å². The van der Waals surface area contributed by atoms with Crippen LogP contribution in [0, 0.1) is 0 Å². The average molecular weight is 426 g/mol. The second kappa shape index (κ2) is 11.5. The second-order valence-corrected chi connectivity index (χ2v) is 6.57. The number of carbonyl (C=O) groups is 1. The Morgan fingerprint density at radius 1 is 1.17 bits per heavy atom. The van der Waals surface area contributed by atoms with Crippen LogP contribution in [0.4, 0.5) is 0 Å². The zero-order valence-electron chi connectivity index (χ0n) is 16.7. The minimum Gasteiger partial charge on any atom is -0.496 e. The lowest BCUT2D eigenvalue weighted by Gasteiger charge is -2.22. The van der Waals surface area contributed by atoms with Gasteiger partial charge in [0.05, 0.1) is 33.1 Å². The molecule has 3 rings (SSSR count). The molecule has 1 fully saturated rings. The average Bonchev–Trinajstić information content (AvgIpc) is 3.24. The van der Waals surface area contributed by atoms with Gasteiger partial charge in [-0.25, -0.2) is 4.68 Å². The number of rotatable bonds is 9. The first-order valence-corrected chi connectivity index (χ1v) is 9.46. The number of hydrogen-bond acceptors (Lipinski definition) is 7. The first kappa shape index (κ1) is 22.8. The lowest BCUT2D eigenvalue weighted by molar-refractivity contribution is 0.0946. The van der Waals surface area contributed by atoms with E-state index in [1.54, 1.807) is 43.3 Å². The minimum absolute atomic E-state index is 0. The maximum atomic E-state index is 12.2. The summed E-state index contributed by atoms with van der Waals surface area (Å²) in [7, 11) is 3.19. The standard InChI is InChI=1S/C19H27N5O4.ClH/c1-26-15-10-16(27-2)12-17(11-15)28-9-3-6-21-19(25)18-13-24(23-22-18)14-4-7-20-8-5-14;/h10-14,20H,3-9H2,1-2H3,(H,21,25);1H. The molecule has 0 unspecified atom stereocenters. The van der Waals surface area contributed by atoms with E-state index in [9.17, 15) is 4.79 Å². The Morgan fingerprint density at radius 3 is 2.48 bits per heavy atom. The molecule has 10 heteroatoms. The van der Waals surface area contributed by atoms with Crippen molar-refractivity contribution in [3.63, 3.8) is 0 Å². The van der Waals surface area contributed by atoms with Gasteiger partial charge in [-0.3, -0.25) is 4.79 Å². The van der Waals surface area contributed by atoms with Gasteiger partial charge >= 0.3 is 0 Å². The number of halogens is 1. The number of amides is 1. The van der Waals surface area contributed by atoms with Gasteiger partial charge in [0.15, 0.2) is 5.69 Å². The Kier molecular flexibility index (Phi) is 9.01. The van der Waals surface area contributed by atoms with Crippen molar-refractivity contribution in [1.29, 1.82) is 0 Å². The molecule has 0 spiro atoms. The quantitative estimate of drug-likeness (QED) is 0.591. The molecule has 2 N–H and O–H groups in total. The predicted molar refractivity (Wildman–Crippen MR) is 110 cm³/mol. The summed E-state index contributed by atoms with van der Waals surface area (Å²) >= 11 is 0. The summed E-state index contributed by atoms with van der Waals surface area (Å²) in [6.45, 7) is 2.87. The van der Waals surface area contributed by atoms with Crippen molar-refractivity contribution in [1.82, 2.24) is 25.6 Å². The van der Waals surface area contributed by atoms with E-state index in [0.29, 0.717) is 48.6 Å². The van der Waals surface area contributed by atoms with E-state index in [1.807, 2.05) is 0 Å². The molecular weight excluding hydrogens is 398 g/mol. The first-order valence-electron chi connectivity index (χ1n) is 9.46. The molecule has 0 aliphatic carbocycles. The van der Waals surface area contributed by atoms with Crippen molar-refractivity contribution < 1.29 is 19.0 Å².